The molecule has 2 amide bonds. The van der Waals surface area contributed by atoms with Gasteiger partial charge in [-0.1, -0.05) is 42.5 Å². The number of ether oxygens (including phenoxy) is 2. The van der Waals surface area contributed by atoms with Crippen molar-refractivity contribution in [3.05, 3.63) is 75.8 Å². The molecule has 192 valence electrons. The average molecular weight is 500 g/mol. The lowest BCUT2D eigenvalue weighted by molar-refractivity contribution is -0.384. The third-order valence-corrected chi connectivity index (χ3v) is 5.58. The van der Waals surface area contributed by atoms with Crippen LogP contribution >= 0.6 is 0 Å². The molecule has 2 aromatic rings. The van der Waals surface area contributed by atoms with E-state index in [0.29, 0.717) is 5.56 Å². The van der Waals surface area contributed by atoms with E-state index in [0.717, 1.165) is 12.7 Å². The molecule has 2 aromatic carbocycles. The standard InChI is InChI=1S/C25H29N3O8/c1-16(17-7-5-4-6-8-17)26-21(29)13-14-22(30)27-24(25(32)36-3)20(15-23(31)35-2)18-9-11-19(12-10-18)28(33)34/h4-12,16,20,24H,13-15H2,1-3H3,(H,26,29)(H,27,30)/t16-,20+,24+/m1/s1. The van der Waals surface area contributed by atoms with Crippen molar-refractivity contribution in [1.29, 1.82) is 0 Å². The predicted molar refractivity (Wildman–Crippen MR) is 129 cm³/mol. The molecule has 0 aliphatic rings. The molecule has 2 rings (SSSR count). The van der Waals surface area contributed by atoms with E-state index in [1.807, 2.05) is 37.3 Å². The lowest BCUT2D eigenvalue weighted by Crippen LogP contribution is -2.46. The van der Waals surface area contributed by atoms with Crippen LogP contribution in [0.2, 0.25) is 0 Å². The van der Waals surface area contributed by atoms with Gasteiger partial charge in [-0.3, -0.25) is 24.5 Å². The zero-order valence-corrected chi connectivity index (χ0v) is 20.3. The minimum Gasteiger partial charge on any atom is -0.469 e. The number of esters is 2. The minimum atomic E-state index is -1.30. The Balaban J connectivity index is 2.12. The molecule has 0 radical (unpaired) electrons. The van der Waals surface area contributed by atoms with Gasteiger partial charge in [0.1, 0.15) is 6.04 Å². The van der Waals surface area contributed by atoms with Crippen molar-refractivity contribution in [2.24, 2.45) is 0 Å². The van der Waals surface area contributed by atoms with E-state index in [4.69, 9.17) is 9.47 Å². The van der Waals surface area contributed by atoms with E-state index in [-0.39, 0.29) is 36.9 Å². The smallest absolute Gasteiger partial charge is 0.329 e. The average Bonchev–Trinajstić information content (AvgIpc) is 2.89. The van der Waals surface area contributed by atoms with Gasteiger partial charge in [0.25, 0.3) is 5.69 Å². The van der Waals surface area contributed by atoms with Crippen molar-refractivity contribution in [3.63, 3.8) is 0 Å². The third-order valence-electron chi connectivity index (χ3n) is 5.58. The summed E-state index contributed by atoms with van der Waals surface area (Å²) in [7, 11) is 2.31. The summed E-state index contributed by atoms with van der Waals surface area (Å²) in [4.78, 5) is 60.0. The molecule has 0 aromatic heterocycles. The van der Waals surface area contributed by atoms with Gasteiger partial charge in [0.2, 0.25) is 11.8 Å². The van der Waals surface area contributed by atoms with Gasteiger partial charge in [0.15, 0.2) is 0 Å². The van der Waals surface area contributed by atoms with Crippen LogP contribution in [-0.2, 0) is 28.7 Å². The molecule has 0 heterocycles. The Morgan fingerprint density at radius 3 is 1.97 bits per heavy atom. The molecule has 0 spiro atoms. The maximum atomic E-state index is 12.7. The first-order chi connectivity index (χ1) is 17.2. The first kappa shape index (κ1) is 28.0. The summed E-state index contributed by atoms with van der Waals surface area (Å²) < 4.78 is 9.55. The number of non-ortho nitro benzene ring substituents is 1. The van der Waals surface area contributed by atoms with Gasteiger partial charge in [0.05, 0.1) is 31.6 Å². The fourth-order valence-corrected chi connectivity index (χ4v) is 3.60. The van der Waals surface area contributed by atoms with E-state index in [9.17, 15) is 29.3 Å². The number of nitrogens with one attached hydrogen (secondary N) is 2. The summed E-state index contributed by atoms with van der Waals surface area (Å²) in [5.41, 5.74) is 1.12. The molecule has 0 bridgehead atoms. The second kappa shape index (κ2) is 13.6. The number of hydrogen-bond acceptors (Lipinski definition) is 8. The number of methoxy groups -OCH3 is 2. The van der Waals surface area contributed by atoms with Gasteiger partial charge in [-0.05, 0) is 18.1 Å². The van der Waals surface area contributed by atoms with Crippen molar-refractivity contribution in [2.45, 2.75) is 44.2 Å². The second-order valence-electron chi connectivity index (χ2n) is 8.00. The summed E-state index contributed by atoms with van der Waals surface area (Å²) in [6.07, 6.45) is -0.647. The zero-order valence-electron chi connectivity index (χ0n) is 20.3. The van der Waals surface area contributed by atoms with Gasteiger partial charge in [-0.25, -0.2) is 4.79 Å². The second-order valence-corrected chi connectivity index (χ2v) is 8.00. The monoisotopic (exact) mass is 499 g/mol. The molecular formula is C25H29N3O8. The summed E-state index contributed by atoms with van der Waals surface area (Å²) >= 11 is 0. The van der Waals surface area contributed by atoms with Crippen LogP contribution in [0.15, 0.2) is 54.6 Å². The topological polar surface area (TPSA) is 154 Å². The maximum absolute atomic E-state index is 12.7. The van der Waals surface area contributed by atoms with Crippen LogP contribution in [0.1, 0.15) is 49.3 Å². The Morgan fingerprint density at radius 2 is 1.44 bits per heavy atom. The highest BCUT2D eigenvalue weighted by Gasteiger charge is 2.34. The Morgan fingerprint density at radius 1 is 0.861 bits per heavy atom. The van der Waals surface area contributed by atoms with Crippen LogP contribution in [-0.4, -0.2) is 48.9 Å². The van der Waals surface area contributed by atoms with E-state index < -0.39 is 34.7 Å². The number of carbonyl (C=O) groups is 4. The number of rotatable bonds is 12. The Hall–Kier alpha value is -4.28. The molecule has 0 saturated carbocycles. The highest BCUT2D eigenvalue weighted by Crippen LogP contribution is 2.27. The summed E-state index contributed by atoms with van der Waals surface area (Å²) in [6, 6.07) is 13.0. The normalized spacial score (nSPS) is 13.0. The third kappa shape index (κ3) is 8.19. The van der Waals surface area contributed by atoms with E-state index >= 15 is 0 Å². The van der Waals surface area contributed by atoms with Crippen molar-refractivity contribution < 1.29 is 33.6 Å². The molecule has 3 atom stereocenters. The lowest BCUT2D eigenvalue weighted by Gasteiger charge is -2.26. The molecule has 2 N–H and O–H groups in total. The molecule has 0 aliphatic carbocycles. The van der Waals surface area contributed by atoms with Crippen LogP contribution in [0.25, 0.3) is 0 Å². The number of nitrogens with zero attached hydrogens (tertiary/aromatic N) is 1. The summed E-state index contributed by atoms with van der Waals surface area (Å²) in [5, 5.41) is 16.3. The van der Waals surface area contributed by atoms with Gasteiger partial charge in [0, 0.05) is 30.9 Å². The predicted octanol–water partition coefficient (Wildman–Crippen LogP) is 2.56. The molecule has 11 heteroatoms. The molecule has 11 nitrogen and oxygen atoms in total. The first-order valence-corrected chi connectivity index (χ1v) is 11.2. The van der Waals surface area contributed by atoms with E-state index in [1.165, 1.54) is 31.4 Å². The van der Waals surface area contributed by atoms with E-state index in [1.54, 1.807) is 0 Å². The summed E-state index contributed by atoms with van der Waals surface area (Å²) in [6.45, 7) is 1.82. The highest BCUT2D eigenvalue weighted by atomic mass is 16.6. The zero-order chi connectivity index (χ0) is 26.7. The number of benzene rings is 2. The lowest BCUT2D eigenvalue weighted by atomic mass is 9.88. The molecule has 0 aliphatic heterocycles. The number of nitro benzene ring substituents is 1. The number of amides is 2. The number of nitro groups is 1. The molecule has 36 heavy (non-hydrogen) atoms. The first-order valence-electron chi connectivity index (χ1n) is 11.2. The number of hydrogen-bond donors (Lipinski definition) is 2. The van der Waals surface area contributed by atoms with Crippen molar-refractivity contribution >= 4 is 29.4 Å². The quantitative estimate of drug-likeness (QED) is 0.257. The molecule has 0 fully saturated rings. The van der Waals surface area contributed by atoms with Gasteiger partial charge >= 0.3 is 11.9 Å². The van der Waals surface area contributed by atoms with Gasteiger partial charge in [-0.2, -0.15) is 0 Å². The SMILES string of the molecule is COC(=O)C[C@@H](c1ccc([N+](=O)[O-])cc1)[C@H](NC(=O)CCC(=O)N[C@H](C)c1ccccc1)C(=O)OC. The fourth-order valence-electron chi connectivity index (χ4n) is 3.60. The van der Waals surface area contributed by atoms with Crippen molar-refractivity contribution in [1.82, 2.24) is 10.6 Å². The summed E-state index contributed by atoms with van der Waals surface area (Å²) in [5.74, 6) is -3.36. The van der Waals surface area contributed by atoms with Crippen LogP contribution in [0.5, 0.6) is 0 Å². The molecule has 0 saturated heterocycles. The molecule has 0 unspecified atom stereocenters. The fraction of sp³-hybridized carbons (Fsp3) is 0.360. The minimum absolute atomic E-state index is 0.129. The Labute approximate surface area is 208 Å². The highest BCUT2D eigenvalue weighted by molar-refractivity contribution is 5.88. The number of carbonyl (C=O) groups excluding carboxylic acids is 4. The van der Waals surface area contributed by atoms with Crippen molar-refractivity contribution in [2.75, 3.05) is 14.2 Å². The van der Waals surface area contributed by atoms with Crippen molar-refractivity contribution in [3.8, 4) is 0 Å². The van der Waals surface area contributed by atoms with Crippen LogP contribution in [0.3, 0.4) is 0 Å². The van der Waals surface area contributed by atoms with Crippen LogP contribution < -0.4 is 10.6 Å². The molecular weight excluding hydrogens is 470 g/mol. The Bertz CT molecular complexity index is 1070. The van der Waals surface area contributed by atoms with Crippen LogP contribution in [0, 0.1) is 10.1 Å². The van der Waals surface area contributed by atoms with Gasteiger partial charge < -0.3 is 20.1 Å². The van der Waals surface area contributed by atoms with E-state index in [2.05, 4.69) is 10.6 Å². The van der Waals surface area contributed by atoms with Crippen LogP contribution in [0.4, 0.5) is 5.69 Å². The maximum Gasteiger partial charge on any atom is 0.329 e. The van der Waals surface area contributed by atoms with Gasteiger partial charge in [-0.15, -0.1) is 0 Å². The Kier molecular flexibility index (Phi) is 10.5. The largest absolute Gasteiger partial charge is 0.469 e.